The Hall–Kier alpha value is -2.80. The summed E-state index contributed by atoms with van der Waals surface area (Å²) < 4.78 is 9.15. The second-order valence-electron chi connectivity index (χ2n) is 6.22. The lowest BCUT2D eigenvalue weighted by atomic mass is 10.2. The van der Waals surface area contributed by atoms with Gasteiger partial charge >= 0.3 is 0 Å². The van der Waals surface area contributed by atoms with Crippen LogP contribution in [0.15, 0.2) is 42.7 Å². The van der Waals surface area contributed by atoms with Gasteiger partial charge in [-0.15, -0.1) is 0 Å². The maximum absolute atomic E-state index is 12.6. The molecule has 0 atom stereocenters. The third-order valence-electron chi connectivity index (χ3n) is 4.20. The number of rotatable bonds is 7. The predicted molar refractivity (Wildman–Crippen MR) is 103 cm³/mol. The molecule has 0 aliphatic carbocycles. The normalized spacial score (nSPS) is 10.8. The molecule has 3 rings (SSSR count). The summed E-state index contributed by atoms with van der Waals surface area (Å²) in [5.41, 5.74) is 2.30. The molecule has 3 aromatic rings. The standard InChI is InChI=1S/C19H22ClN5O2/c1-4-25-15(7-9-21-25)12-23(3)19(26)18-8-10-24(22-18)13-27-16-5-6-17(20)14(2)11-16/h5-11H,4,12-13H2,1-3H3. The predicted octanol–water partition coefficient (Wildman–Crippen LogP) is 3.37. The number of hydrogen-bond acceptors (Lipinski definition) is 4. The zero-order valence-electron chi connectivity index (χ0n) is 15.6. The number of carbonyl (C=O) groups is 1. The van der Waals surface area contributed by atoms with Crippen LogP contribution in [-0.2, 0) is 19.8 Å². The molecule has 0 bridgehead atoms. The van der Waals surface area contributed by atoms with Crippen molar-refractivity contribution in [1.82, 2.24) is 24.5 Å². The molecule has 0 aliphatic rings. The summed E-state index contributed by atoms with van der Waals surface area (Å²) in [7, 11) is 1.75. The minimum Gasteiger partial charge on any atom is -0.471 e. The topological polar surface area (TPSA) is 65.2 Å². The zero-order valence-corrected chi connectivity index (χ0v) is 16.3. The fourth-order valence-corrected chi connectivity index (χ4v) is 2.80. The highest BCUT2D eigenvalue weighted by molar-refractivity contribution is 6.31. The molecule has 27 heavy (non-hydrogen) atoms. The van der Waals surface area contributed by atoms with Crippen LogP contribution >= 0.6 is 11.6 Å². The molecule has 0 aliphatic heterocycles. The molecule has 7 nitrogen and oxygen atoms in total. The fourth-order valence-electron chi connectivity index (χ4n) is 2.68. The Labute approximate surface area is 163 Å². The van der Waals surface area contributed by atoms with Crippen LogP contribution in [-0.4, -0.2) is 37.4 Å². The molecule has 0 unspecified atom stereocenters. The summed E-state index contributed by atoms with van der Waals surface area (Å²) in [6.07, 6.45) is 3.46. The Kier molecular flexibility index (Phi) is 5.81. The first-order chi connectivity index (χ1) is 13.0. The molecule has 142 valence electrons. The molecule has 8 heteroatoms. The number of hydrogen-bond donors (Lipinski definition) is 0. The number of ether oxygens (including phenoxy) is 1. The first-order valence-corrected chi connectivity index (χ1v) is 9.04. The highest BCUT2D eigenvalue weighted by Crippen LogP contribution is 2.21. The van der Waals surface area contributed by atoms with Crippen LogP contribution in [0.25, 0.3) is 0 Å². The summed E-state index contributed by atoms with van der Waals surface area (Å²) >= 11 is 6.01. The van der Waals surface area contributed by atoms with Gasteiger partial charge in [-0.25, -0.2) is 4.68 Å². The van der Waals surface area contributed by atoms with Crippen LogP contribution in [0.1, 0.15) is 28.7 Å². The Morgan fingerprint density at radius 1 is 1.30 bits per heavy atom. The van der Waals surface area contributed by atoms with Gasteiger partial charge in [0.05, 0.1) is 12.2 Å². The Bertz CT molecular complexity index is 934. The van der Waals surface area contributed by atoms with Gasteiger partial charge in [0.15, 0.2) is 12.4 Å². The molecule has 0 radical (unpaired) electrons. The lowest BCUT2D eigenvalue weighted by Gasteiger charge is -2.16. The van der Waals surface area contributed by atoms with Crippen molar-refractivity contribution >= 4 is 17.5 Å². The first-order valence-electron chi connectivity index (χ1n) is 8.66. The van der Waals surface area contributed by atoms with E-state index >= 15 is 0 Å². The van der Waals surface area contributed by atoms with Gasteiger partial charge in [0, 0.05) is 31.0 Å². The van der Waals surface area contributed by atoms with Gasteiger partial charge in [0.1, 0.15) is 5.75 Å². The van der Waals surface area contributed by atoms with Crippen molar-refractivity contribution in [3.63, 3.8) is 0 Å². The van der Waals surface area contributed by atoms with Crippen LogP contribution in [0.5, 0.6) is 5.75 Å². The number of aryl methyl sites for hydroxylation is 2. The summed E-state index contributed by atoms with van der Waals surface area (Å²) in [6, 6.07) is 9.05. The molecular weight excluding hydrogens is 366 g/mol. The average Bonchev–Trinajstić information content (AvgIpc) is 3.31. The monoisotopic (exact) mass is 387 g/mol. The van der Waals surface area contributed by atoms with Gasteiger partial charge < -0.3 is 9.64 Å². The van der Waals surface area contributed by atoms with Crippen molar-refractivity contribution in [2.75, 3.05) is 7.05 Å². The summed E-state index contributed by atoms with van der Waals surface area (Å²) in [5.74, 6) is 0.546. The number of benzene rings is 1. The van der Waals surface area contributed by atoms with E-state index in [0.29, 0.717) is 23.0 Å². The Balaban J connectivity index is 1.60. The van der Waals surface area contributed by atoms with Gasteiger partial charge in [0.25, 0.3) is 5.91 Å². The molecular formula is C19H22ClN5O2. The maximum Gasteiger partial charge on any atom is 0.274 e. The van der Waals surface area contributed by atoms with Gasteiger partial charge in [0.2, 0.25) is 0 Å². The molecule has 0 saturated heterocycles. The lowest BCUT2D eigenvalue weighted by molar-refractivity contribution is 0.0773. The van der Waals surface area contributed by atoms with Crippen molar-refractivity contribution in [3.05, 3.63) is 64.7 Å². The van der Waals surface area contributed by atoms with E-state index in [-0.39, 0.29) is 12.6 Å². The van der Waals surface area contributed by atoms with Crippen molar-refractivity contribution in [2.45, 2.75) is 33.7 Å². The molecule has 0 N–H and O–H groups in total. The highest BCUT2D eigenvalue weighted by Gasteiger charge is 2.16. The lowest BCUT2D eigenvalue weighted by Crippen LogP contribution is -2.28. The molecule has 1 amide bonds. The van der Waals surface area contributed by atoms with Crippen LogP contribution in [0, 0.1) is 6.92 Å². The maximum atomic E-state index is 12.6. The SMILES string of the molecule is CCn1nccc1CN(C)C(=O)c1ccn(COc2ccc(Cl)c(C)c2)n1. The van der Waals surface area contributed by atoms with Crippen molar-refractivity contribution < 1.29 is 9.53 Å². The summed E-state index contributed by atoms with van der Waals surface area (Å²) in [4.78, 5) is 14.2. The van der Waals surface area contributed by atoms with E-state index in [4.69, 9.17) is 16.3 Å². The van der Waals surface area contributed by atoms with Crippen LogP contribution in [0.4, 0.5) is 0 Å². The molecule has 1 aromatic carbocycles. The van der Waals surface area contributed by atoms with E-state index in [9.17, 15) is 4.79 Å². The third kappa shape index (κ3) is 4.49. The van der Waals surface area contributed by atoms with Gasteiger partial charge in [-0.3, -0.25) is 9.48 Å². The Morgan fingerprint density at radius 3 is 2.85 bits per heavy atom. The highest BCUT2D eigenvalue weighted by atomic mass is 35.5. The van der Waals surface area contributed by atoms with E-state index in [1.54, 1.807) is 47.2 Å². The number of amides is 1. The number of carbonyl (C=O) groups excluding carboxylic acids is 1. The van der Waals surface area contributed by atoms with E-state index < -0.39 is 0 Å². The van der Waals surface area contributed by atoms with Crippen LogP contribution in [0.3, 0.4) is 0 Å². The first kappa shape index (κ1) is 19.0. The van der Waals surface area contributed by atoms with E-state index in [2.05, 4.69) is 10.2 Å². The molecule has 0 fully saturated rings. The van der Waals surface area contributed by atoms with Crippen molar-refractivity contribution in [2.24, 2.45) is 0 Å². The minimum atomic E-state index is -0.153. The molecule has 0 saturated carbocycles. The fraction of sp³-hybridized carbons (Fsp3) is 0.316. The van der Waals surface area contributed by atoms with E-state index in [1.807, 2.05) is 30.7 Å². The van der Waals surface area contributed by atoms with Gasteiger partial charge in [-0.2, -0.15) is 10.2 Å². The molecule has 2 aromatic heterocycles. The molecule has 0 spiro atoms. The zero-order chi connectivity index (χ0) is 19.4. The second-order valence-corrected chi connectivity index (χ2v) is 6.63. The van der Waals surface area contributed by atoms with Gasteiger partial charge in [-0.05, 0) is 49.7 Å². The van der Waals surface area contributed by atoms with E-state index in [0.717, 1.165) is 17.8 Å². The third-order valence-corrected chi connectivity index (χ3v) is 4.63. The van der Waals surface area contributed by atoms with Crippen LogP contribution in [0.2, 0.25) is 5.02 Å². The quantitative estimate of drug-likeness (QED) is 0.623. The van der Waals surface area contributed by atoms with Crippen LogP contribution < -0.4 is 4.74 Å². The number of halogens is 1. The Morgan fingerprint density at radius 2 is 2.11 bits per heavy atom. The number of aromatic nitrogens is 4. The van der Waals surface area contributed by atoms with Crippen molar-refractivity contribution in [3.8, 4) is 5.75 Å². The smallest absolute Gasteiger partial charge is 0.274 e. The molecule has 2 heterocycles. The minimum absolute atomic E-state index is 0.153. The van der Waals surface area contributed by atoms with E-state index in [1.165, 1.54) is 0 Å². The average molecular weight is 388 g/mol. The summed E-state index contributed by atoms with van der Waals surface area (Å²) in [6.45, 7) is 5.38. The van der Waals surface area contributed by atoms with Gasteiger partial charge in [-0.1, -0.05) is 11.6 Å². The summed E-state index contributed by atoms with van der Waals surface area (Å²) in [5, 5.41) is 9.23. The number of nitrogens with zero attached hydrogens (tertiary/aromatic N) is 5. The van der Waals surface area contributed by atoms with Crippen molar-refractivity contribution in [1.29, 1.82) is 0 Å². The second kappa shape index (κ2) is 8.26. The largest absolute Gasteiger partial charge is 0.471 e.